The molecule has 1 aromatic heterocycles. The van der Waals surface area contributed by atoms with Crippen LogP contribution in [-0.2, 0) is 0 Å². The maximum absolute atomic E-state index is 5.83. The first kappa shape index (κ1) is 10.4. The lowest BCUT2D eigenvalue weighted by atomic mass is 10.2. The standard InChI is InChI=1S/C8H16N4S/c1-3-4-7(9)5-10-8-11-6(2)12-13-8/h7H,3-5,9H2,1-2H3,(H,10,11,12). The molecule has 5 heteroatoms. The van der Waals surface area contributed by atoms with Gasteiger partial charge in [-0.15, -0.1) is 0 Å². The van der Waals surface area contributed by atoms with Crippen molar-refractivity contribution in [3.63, 3.8) is 0 Å². The summed E-state index contributed by atoms with van der Waals surface area (Å²) in [5, 5.41) is 4.03. The second-order valence-electron chi connectivity index (χ2n) is 3.08. The van der Waals surface area contributed by atoms with E-state index < -0.39 is 0 Å². The number of hydrogen-bond acceptors (Lipinski definition) is 5. The van der Waals surface area contributed by atoms with Gasteiger partial charge in [-0.25, -0.2) is 4.98 Å². The van der Waals surface area contributed by atoms with E-state index >= 15 is 0 Å². The first-order valence-electron chi connectivity index (χ1n) is 4.52. The van der Waals surface area contributed by atoms with E-state index in [0.29, 0.717) is 0 Å². The van der Waals surface area contributed by atoms with Crippen molar-refractivity contribution in [2.24, 2.45) is 5.73 Å². The average molecular weight is 200 g/mol. The summed E-state index contributed by atoms with van der Waals surface area (Å²) in [6.45, 7) is 4.80. The third-order valence-electron chi connectivity index (χ3n) is 1.70. The van der Waals surface area contributed by atoms with E-state index in [1.54, 1.807) is 0 Å². The van der Waals surface area contributed by atoms with Crippen LogP contribution in [0.3, 0.4) is 0 Å². The zero-order valence-electron chi connectivity index (χ0n) is 8.08. The molecule has 1 rings (SSSR count). The molecule has 4 nitrogen and oxygen atoms in total. The first-order chi connectivity index (χ1) is 6.22. The quantitative estimate of drug-likeness (QED) is 0.754. The highest BCUT2D eigenvalue weighted by molar-refractivity contribution is 7.09. The first-order valence-corrected chi connectivity index (χ1v) is 5.29. The molecule has 0 aliphatic rings. The molecule has 0 fully saturated rings. The molecule has 13 heavy (non-hydrogen) atoms. The molecule has 0 saturated heterocycles. The lowest BCUT2D eigenvalue weighted by Gasteiger charge is -2.09. The number of nitrogens with zero attached hydrogens (tertiary/aromatic N) is 2. The van der Waals surface area contributed by atoms with Gasteiger partial charge in [0, 0.05) is 24.1 Å². The van der Waals surface area contributed by atoms with Gasteiger partial charge in [0.1, 0.15) is 5.82 Å². The Morgan fingerprint density at radius 1 is 1.62 bits per heavy atom. The predicted molar refractivity (Wildman–Crippen MR) is 56.0 cm³/mol. The third-order valence-corrected chi connectivity index (χ3v) is 2.47. The molecule has 0 spiro atoms. The van der Waals surface area contributed by atoms with Crippen LogP contribution in [0.25, 0.3) is 0 Å². The molecular weight excluding hydrogens is 184 g/mol. The van der Waals surface area contributed by atoms with Gasteiger partial charge in [0.2, 0.25) is 5.13 Å². The normalized spacial score (nSPS) is 12.8. The Bertz CT molecular complexity index is 248. The maximum atomic E-state index is 5.83. The number of nitrogens with one attached hydrogen (secondary N) is 1. The molecular formula is C8H16N4S. The molecule has 74 valence electrons. The Hall–Kier alpha value is -0.680. The van der Waals surface area contributed by atoms with Crippen molar-refractivity contribution in [3.05, 3.63) is 5.82 Å². The fourth-order valence-corrected chi connectivity index (χ4v) is 1.64. The lowest BCUT2D eigenvalue weighted by molar-refractivity contribution is 0.627. The molecule has 1 atom stereocenters. The van der Waals surface area contributed by atoms with Gasteiger partial charge in [-0.05, 0) is 13.3 Å². The van der Waals surface area contributed by atoms with Gasteiger partial charge >= 0.3 is 0 Å². The molecule has 1 aromatic rings. The van der Waals surface area contributed by atoms with Gasteiger partial charge < -0.3 is 11.1 Å². The predicted octanol–water partition coefficient (Wildman–Crippen LogP) is 1.39. The zero-order valence-corrected chi connectivity index (χ0v) is 8.90. The second-order valence-corrected chi connectivity index (χ2v) is 3.83. The third kappa shape index (κ3) is 3.69. The van der Waals surface area contributed by atoms with E-state index in [2.05, 4.69) is 21.6 Å². The minimum atomic E-state index is 0.217. The Morgan fingerprint density at radius 3 is 2.92 bits per heavy atom. The molecule has 0 saturated carbocycles. The van der Waals surface area contributed by atoms with Crippen LogP contribution in [0.15, 0.2) is 0 Å². The van der Waals surface area contributed by atoms with Crippen molar-refractivity contribution in [3.8, 4) is 0 Å². The molecule has 0 bridgehead atoms. The minimum absolute atomic E-state index is 0.217. The van der Waals surface area contributed by atoms with Gasteiger partial charge in [0.05, 0.1) is 0 Å². The average Bonchev–Trinajstić information content (AvgIpc) is 2.49. The Morgan fingerprint density at radius 2 is 2.38 bits per heavy atom. The summed E-state index contributed by atoms with van der Waals surface area (Å²) in [4.78, 5) is 4.18. The Labute approximate surface area is 82.7 Å². The number of rotatable bonds is 5. The van der Waals surface area contributed by atoms with Crippen LogP contribution in [0.5, 0.6) is 0 Å². The largest absolute Gasteiger partial charge is 0.359 e. The van der Waals surface area contributed by atoms with Crippen LogP contribution >= 0.6 is 11.5 Å². The smallest absolute Gasteiger partial charge is 0.202 e. The van der Waals surface area contributed by atoms with Crippen LogP contribution in [0, 0.1) is 6.92 Å². The summed E-state index contributed by atoms with van der Waals surface area (Å²) in [6.07, 6.45) is 2.17. The number of aromatic nitrogens is 2. The van der Waals surface area contributed by atoms with E-state index in [-0.39, 0.29) is 6.04 Å². The second kappa shape index (κ2) is 5.14. The maximum Gasteiger partial charge on any atom is 0.202 e. The van der Waals surface area contributed by atoms with E-state index in [0.717, 1.165) is 30.3 Å². The highest BCUT2D eigenvalue weighted by Crippen LogP contribution is 2.09. The van der Waals surface area contributed by atoms with E-state index in [4.69, 9.17) is 5.73 Å². The molecule has 0 aliphatic carbocycles. The summed E-state index contributed by atoms with van der Waals surface area (Å²) in [5.74, 6) is 0.816. The van der Waals surface area contributed by atoms with Crippen LogP contribution < -0.4 is 11.1 Å². The molecule has 0 aromatic carbocycles. The van der Waals surface area contributed by atoms with Crippen molar-refractivity contribution in [2.45, 2.75) is 32.7 Å². The fraction of sp³-hybridized carbons (Fsp3) is 0.750. The van der Waals surface area contributed by atoms with E-state index in [1.165, 1.54) is 11.5 Å². The van der Waals surface area contributed by atoms with Gasteiger partial charge in [-0.2, -0.15) is 4.37 Å². The van der Waals surface area contributed by atoms with Gasteiger partial charge in [0.15, 0.2) is 0 Å². The fourth-order valence-electron chi connectivity index (χ4n) is 1.06. The molecule has 1 unspecified atom stereocenters. The number of aryl methyl sites for hydroxylation is 1. The van der Waals surface area contributed by atoms with Crippen molar-refractivity contribution >= 4 is 16.7 Å². The number of nitrogens with two attached hydrogens (primary N) is 1. The van der Waals surface area contributed by atoms with Crippen LogP contribution in [0.1, 0.15) is 25.6 Å². The van der Waals surface area contributed by atoms with E-state index in [9.17, 15) is 0 Å². The summed E-state index contributed by atoms with van der Waals surface area (Å²) in [5.41, 5.74) is 5.83. The molecule has 0 aliphatic heterocycles. The molecule has 3 N–H and O–H groups in total. The highest BCUT2D eigenvalue weighted by Gasteiger charge is 2.03. The van der Waals surface area contributed by atoms with Crippen molar-refractivity contribution < 1.29 is 0 Å². The number of hydrogen-bond donors (Lipinski definition) is 2. The summed E-state index contributed by atoms with van der Waals surface area (Å²) in [7, 11) is 0. The van der Waals surface area contributed by atoms with Crippen LogP contribution in [0.4, 0.5) is 5.13 Å². The van der Waals surface area contributed by atoms with Crippen LogP contribution in [-0.4, -0.2) is 21.9 Å². The summed E-state index contributed by atoms with van der Waals surface area (Å²) >= 11 is 1.38. The molecule has 1 heterocycles. The Kier molecular flexibility index (Phi) is 4.11. The van der Waals surface area contributed by atoms with Crippen molar-refractivity contribution in [1.82, 2.24) is 9.36 Å². The summed E-state index contributed by atoms with van der Waals surface area (Å²) in [6, 6.07) is 0.217. The van der Waals surface area contributed by atoms with E-state index in [1.807, 2.05) is 6.92 Å². The van der Waals surface area contributed by atoms with Gasteiger partial charge in [-0.1, -0.05) is 13.3 Å². The number of anilines is 1. The topological polar surface area (TPSA) is 63.8 Å². The molecule has 0 amide bonds. The van der Waals surface area contributed by atoms with Crippen molar-refractivity contribution in [1.29, 1.82) is 0 Å². The van der Waals surface area contributed by atoms with Gasteiger partial charge in [-0.3, -0.25) is 0 Å². The van der Waals surface area contributed by atoms with Crippen LogP contribution in [0.2, 0.25) is 0 Å². The van der Waals surface area contributed by atoms with Crippen molar-refractivity contribution in [2.75, 3.05) is 11.9 Å². The SMILES string of the molecule is CCCC(N)CNc1nc(C)ns1. The van der Waals surface area contributed by atoms with Gasteiger partial charge in [0.25, 0.3) is 0 Å². The zero-order chi connectivity index (χ0) is 9.68. The highest BCUT2D eigenvalue weighted by atomic mass is 32.1. The minimum Gasteiger partial charge on any atom is -0.359 e. The summed E-state index contributed by atoms with van der Waals surface area (Å²) < 4.78 is 4.07. The molecule has 0 radical (unpaired) electrons. The monoisotopic (exact) mass is 200 g/mol. The lowest BCUT2D eigenvalue weighted by Crippen LogP contribution is -2.28. The Balaban J connectivity index is 2.26.